The molecule has 0 bridgehead atoms. The lowest BCUT2D eigenvalue weighted by Gasteiger charge is -2.18. The molecule has 3 N–H and O–H groups in total. The Hall–Kier alpha value is -0.770. The first kappa shape index (κ1) is 11.2. The minimum atomic E-state index is -0.965. The summed E-state index contributed by atoms with van der Waals surface area (Å²) in [5.74, 6) is 0. The van der Waals surface area contributed by atoms with E-state index in [9.17, 15) is 4.79 Å². The number of carbonyl (C=O) groups is 1. The van der Waals surface area contributed by atoms with Gasteiger partial charge in [0.2, 0.25) is 0 Å². The molecule has 0 aliphatic carbocycles. The van der Waals surface area contributed by atoms with Gasteiger partial charge < -0.3 is 15.7 Å². The molecule has 0 heterocycles. The van der Waals surface area contributed by atoms with Gasteiger partial charge in [0, 0.05) is 19.6 Å². The number of rotatable bonds is 4. The van der Waals surface area contributed by atoms with Crippen LogP contribution in [0, 0.1) is 5.41 Å². The third kappa shape index (κ3) is 9.23. The lowest BCUT2D eigenvalue weighted by Crippen LogP contribution is -2.34. The van der Waals surface area contributed by atoms with Gasteiger partial charge in [-0.3, -0.25) is 0 Å². The topological polar surface area (TPSA) is 61.4 Å². The quantitative estimate of drug-likeness (QED) is 0.555. The summed E-state index contributed by atoms with van der Waals surface area (Å²) in [5, 5.41) is 13.7. The van der Waals surface area contributed by atoms with Crippen molar-refractivity contribution >= 4 is 6.09 Å². The molecule has 0 atom stereocenters. The Balaban J connectivity index is 3.17. The molecule has 1 amide bonds. The molecule has 0 saturated heterocycles. The van der Waals surface area contributed by atoms with Crippen LogP contribution < -0.4 is 10.6 Å². The molecule has 4 heteroatoms. The summed E-state index contributed by atoms with van der Waals surface area (Å²) in [6, 6.07) is 0. The number of carboxylic acid groups (broad SMARTS) is 1. The fourth-order valence-electron chi connectivity index (χ4n) is 0.721. The van der Waals surface area contributed by atoms with Crippen molar-refractivity contribution in [2.75, 3.05) is 19.6 Å². The molecule has 0 aromatic rings. The van der Waals surface area contributed by atoms with Crippen LogP contribution >= 0.6 is 0 Å². The summed E-state index contributed by atoms with van der Waals surface area (Å²) >= 11 is 0. The van der Waals surface area contributed by atoms with Gasteiger partial charge in [0.1, 0.15) is 0 Å². The summed E-state index contributed by atoms with van der Waals surface area (Å²) in [5.41, 5.74) is 0.253. The molecule has 0 radical (unpaired) electrons. The molecule has 72 valence electrons. The van der Waals surface area contributed by atoms with Gasteiger partial charge in [-0.1, -0.05) is 20.8 Å². The second kappa shape index (κ2) is 4.98. The molecule has 0 unspecified atom stereocenters. The Morgan fingerprint density at radius 1 is 1.33 bits per heavy atom. The fraction of sp³-hybridized carbons (Fsp3) is 0.875. The van der Waals surface area contributed by atoms with E-state index in [2.05, 4.69) is 31.4 Å². The van der Waals surface area contributed by atoms with Gasteiger partial charge in [-0.15, -0.1) is 0 Å². The van der Waals surface area contributed by atoms with Crippen LogP contribution in [0.3, 0.4) is 0 Å². The van der Waals surface area contributed by atoms with E-state index < -0.39 is 6.09 Å². The van der Waals surface area contributed by atoms with Crippen molar-refractivity contribution in [1.82, 2.24) is 10.6 Å². The molecular weight excluding hydrogens is 156 g/mol. The number of hydrogen-bond acceptors (Lipinski definition) is 2. The van der Waals surface area contributed by atoms with E-state index >= 15 is 0 Å². The van der Waals surface area contributed by atoms with Crippen LogP contribution in [0.2, 0.25) is 0 Å². The van der Waals surface area contributed by atoms with Crippen molar-refractivity contribution in [1.29, 1.82) is 0 Å². The minimum absolute atomic E-state index is 0.253. The van der Waals surface area contributed by atoms with Crippen molar-refractivity contribution in [2.24, 2.45) is 5.41 Å². The molecule has 0 fully saturated rings. The highest BCUT2D eigenvalue weighted by atomic mass is 16.4. The van der Waals surface area contributed by atoms with Crippen LogP contribution in [0.5, 0.6) is 0 Å². The third-order valence-electron chi connectivity index (χ3n) is 1.23. The molecule has 0 aliphatic heterocycles. The molecule has 0 saturated carbocycles. The van der Waals surface area contributed by atoms with Crippen molar-refractivity contribution < 1.29 is 9.90 Å². The van der Waals surface area contributed by atoms with Crippen LogP contribution in [-0.4, -0.2) is 30.8 Å². The molecule has 0 spiro atoms. The zero-order chi connectivity index (χ0) is 9.61. The maximum atomic E-state index is 10.0. The van der Waals surface area contributed by atoms with Gasteiger partial charge in [-0.05, 0) is 5.41 Å². The first-order valence-corrected chi connectivity index (χ1v) is 4.09. The highest BCUT2D eigenvalue weighted by molar-refractivity contribution is 5.64. The van der Waals surface area contributed by atoms with Crippen LogP contribution in [0.25, 0.3) is 0 Å². The first-order valence-electron chi connectivity index (χ1n) is 4.09. The van der Waals surface area contributed by atoms with Crippen LogP contribution in [0.4, 0.5) is 4.79 Å². The van der Waals surface area contributed by atoms with E-state index in [4.69, 9.17) is 5.11 Å². The summed E-state index contributed by atoms with van der Waals surface area (Å²) in [4.78, 5) is 10.0. The highest BCUT2D eigenvalue weighted by Gasteiger charge is 2.08. The Morgan fingerprint density at radius 3 is 2.33 bits per heavy atom. The Bertz CT molecular complexity index is 140. The number of amides is 1. The third-order valence-corrected chi connectivity index (χ3v) is 1.23. The van der Waals surface area contributed by atoms with Gasteiger partial charge in [-0.2, -0.15) is 0 Å². The Kier molecular flexibility index (Phi) is 4.66. The first-order chi connectivity index (χ1) is 5.42. The SMILES string of the molecule is CC(C)(C)CNCCNC(=O)O. The van der Waals surface area contributed by atoms with Gasteiger partial charge in [0.25, 0.3) is 0 Å². The van der Waals surface area contributed by atoms with Crippen LogP contribution in [0.15, 0.2) is 0 Å². The summed E-state index contributed by atoms with van der Waals surface area (Å²) in [7, 11) is 0. The fourth-order valence-corrected chi connectivity index (χ4v) is 0.721. The maximum absolute atomic E-state index is 10.0. The number of nitrogens with one attached hydrogen (secondary N) is 2. The molecule has 0 aromatic heterocycles. The average molecular weight is 174 g/mol. The Labute approximate surface area is 73.3 Å². The average Bonchev–Trinajstić information content (AvgIpc) is 1.83. The Morgan fingerprint density at radius 2 is 1.92 bits per heavy atom. The van der Waals surface area contributed by atoms with E-state index in [1.54, 1.807) is 0 Å². The lowest BCUT2D eigenvalue weighted by atomic mass is 9.97. The summed E-state index contributed by atoms with van der Waals surface area (Å²) in [6.07, 6.45) is -0.965. The van der Waals surface area contributed by atoms with E-state index in [1.807, 2.05) is 0 Å². The molecule has 0 aliphatic rings. The van der Waals surface area contributed by atoms with Crippen molar-refractivity contribution in [2.45, 2.75) is 20.8 Å². The zero-order valence-corrected chi connectivity index (χ0v) is 7.98. The van der Waals surface area contributed by atoms with E-state index in [0.29, 0.717) is 13.1 Å². The van der Waals surface area contributed by atoms with Crippen LogP contribution in [-0.2, 0) is 0 Å². The second-order valence-electron chi connectivity index (χ2n) is 3.97. The smallest absolute Gasteiger partial charge is 0.404 e. The van der Waals surface area contributed by atoms with E-state index in [1.165, 1.54) is 0 Å². The van der Waals surface area contributed by atoms with Gasteiger partial charge in [0.05, 0.1) is 0 Å². The minimum Gasteiger partial charge on any atom is -0.465 e. The largest absolute Gasteiger partial charge is 0.465 e. The summed E-state index contributed by atoms with van der Waals surface area (Å²) in [6.45, 7) is 8.43. The van der Waals surface area contributed by atoms with Gasteiger partial charge >= 0.3 is 6.09 Å². The molecule has 0 rings (SSSR count). The monoisotopic (exact) mass is 174 g/mol. The van der Waals surface area contributed by atoms with Gasteiger partial charge in [-0.25, -0.2) is 4.79 Å². The van der Waals surface area contributed by atoms with Crippen molar-refractivity contribution in [3.8, 4) is 0 Å². The maximum Gasteiger partial charge on any atom is 0.404 e. The normalized spacial score (nSPS) is 11.2. The standard InChI is InChI=1S/C8H18N2O2/c1-8(2,3)6-9-4-5-10-7(11)12/h9-10H,4-6H2,1-3H3,(H,11,12). The second-order valence-corrected chi connectivity index (χ2v) is 3.97. The highest BCUT2D eigenvalue weighted by Crippen LogP contribution is 2.09. The number of hydrogen-bond donors (Lipinski definition) is 3. The van der Waals surface area contributed by atoms with E-state index in [0.717, 1.165) is 6.54 Å². The lowest BCUT2D eigenvalue weighted by molar-refractivity contribution is 0.194. The predicted molar refractivity (Wildman–Crippen MR) is 48.4 cm³/mol. The molecule has 4 nitrogen and oxygen atoms in total. The zero-order valence-electron chi connectivity index (χ0n) is 7.98. The van der Waals surface area contributed by atoms with Crippen LogP contribution in [0.1, 0.15) is 20.8 Å². The molecule has 12 heavy (non-hydrogen) atoms. The predicted octanol–water partition coefficient (Wildman–Crippen LogP) is 0.890. The molecule has 0 aromatic carbocycles. The van der Waals surface area contributed by atoms with Crippen molar-refractivity contribution in [3.05, 3.63) is 0 Å². The van der Waals surface area contributed by atoms with Gasteiger partial charge in [0.15, 0.2) is 0 Å². The molecular formula is C8H18N2O2. The van der Waals surface area contributed by atoms with Crippen molar-refractivity contribution in [3.63, 3.8) is 0 Å². The van der Waals surface area contributed by atoms with E-state index in [-0.39, 0.29) is 5.41 Å². The summed E-state index contributed by atoms with van der Waals surface area (Å²) < 4.78 is 0.